The van der Waals surface area contributed by atoms with E-state index in [2.05, 4.69) is 5.32 Å². The van der Waals surface area contributed by atoms with Crippen LogP contribution in [0.5, 0.6) is 0 Å². The van der Waals surface area contributed by atoms with Crippen molar-refractivity contribution in [2.75, 3.05) is 18.5 Å². The molecule has 1 heterocycles. The van der Waals surface area contributed by atoms with Gasteiger partial charge in [0.25, 0.3) is 5.56 Å². The molecule has 0 saturated heterocycles. The van der Waals surface area contributed by atoms with Gasteiger partial charge in [0.15, 0.2) is 5.57 Å². The molecular weight excluding hydrogens is 306 g/mol. The van der Waals surface area contributed by atoms with Gasteiger partial charge in [0.05, 0.1) is 13.2 Å². The van der Waals surface area contributed by atoms with Crippen molar-refractivity contribution in [3.05, 3.63) is 38.7 Å². The second-order valence-corrected chi connectivity index (χ2v) is 4.41. The minimum Gasteiger partial charge on any atom is -0.462 e. The third kappa shape index (κ3) is 4.31. The first kappa shape index (κ1) is 18.2. The lowest BCUT2D eigenvalue weighted by molar-refractivity contribution is -0.146. The third-order valence-corrected chi connectivity index (χ3v) is 2.88. The average molecular weight is 325 g/mol. The maximum atomic E-state index is 11.8. The van der Waals surface area contributed by atoms with Crippen molar-refractivity contribution in [3.63, 3.8) is 0 Å². The number of nitrogens with one attached hydrogen (secondary N) is 1. The molecule has 0 fully saturated rings. The van der Waals surface area contributed by atoms with Crippen LogP contribution in [-0.2, 0) is 33.2 Å². The number of ether oxygens (including phenoxy) is 2. The van der Waals surface area contributed by atoms with Gasteiger partial charge in [-0.1, -0.05) is 0 Å². The van der Waals surface area contributed by atoms with E-state index in [0.29, 0.717) is 0 Å². The summed E-state index contributed by atoms with van der Waals surface area (Å²) in [6.07, 6.45) is 1.05. The maximum absolute atomic E-state index is 11.8. The topological polar surface area (TPSA) is 109 Å². The number of hydrogen-bond acceptors (Lipinski definition) is 7. The minimum absolute atomic E-state index is 0.0833. The summed E-state index contributed by atoms with van der Waals surface area (Å²) in [7, 11) is 2.78. The summed E-state index contributed by atoms with van der Waals surface area (Å²) in [6, 6.07) is 1.16. The van der Waals surface area contributed by atoms with Crippen molar-refractivity contribution in [3.8, 4) is 0 Å². The highest BCUT2D eigenvalue weighted by Gasteiger charge is 2.21. The first-order chi connectivity index (χ1) is 10.8. The lowest BCUT2D eigenvalue weighted by atomic mass is 10.3. The molecule has 0 unspecified atom stereocenters. The summed E-state index contributed by atoms with van der Waals surface area (Å²) in [4.78, 5) is 47.0. The van der Waals surface area contributed by atoms with E-state index in [0.717, 1.165) is 21.4 Å². The van der Waals surface area contributed by atoms with E-state index in [1.807, 2.05) is 0 Å². The van der Waals surface area contributed by atoms with Crippen LogP contribution in [0.4, 0.5) is 5.82 Å². The van der Waals surface area contributed by atoms with Gasteiger partial charge in [-0.2, -0.15) is 0 Å². The largest absolute Gasteiger partial charge is 0.462 e. The Kier molecular flexibility index (Phi) is 6.31. The Morgan fingerprint density at radius 3 is 2.09 bits per heavy atom. The van der Waals surface area contributed by atoms with Crippen LogP contribution in [-0.4, -0.2) is 34.3 Å². The van der Waals surface area contributed by atoms with E-state index in [4.69, 9.17) is 9.47 Å². The summed E-state index contributed by atoms with van der Waals surface area (Å²) in [5.41, 5.74) is -1.46. The summed E-state index contributed by atoms with van der Waals surface area (Å²) < 4.78 is 11.6. The number of carbonyl (C=O) groups excluding carboxylic acids is 2. The SMILES string of the molecule is CCOC(=O)C(=CNc1cc(=O)n(C)c(=O)n1C)C(=O)OCC. The zero-order valence-electron chi connectivity index (χ0n) is 13.4. The molecule has 23 heavy (non-hydrogen) atoms. The van der Waals surface area contributed by atoms with E-state index < -0.39 is 23.2 Å². The fourth-order valence-corrected chi connectivity index (χ4v) is 1.64. The molecule has 0 spiro atoms. The predicted molar refractivity (Wildman–Crippen MR) is 81.9 cm³/mol. The van der Waals surface area contributed by atoms with E-state index >= 15 is 0 Å². The number of rotatable bonds is 6. The predicted octanol–water partition coefficient (Wildman–Crippen LogP) is -0.494. The molecule has 0 atom stereocenters. The monoisotopic (exact) mass is 325 g/mol. The Balaban J connectivity index is 3.20. The van der Waals surface area contributed by atoms with Crippen LogP contribution in [0, 0.1) is 0 Å². The molecule has 1 aromatic heterocycles. The van der Waals surface area contributed by atoms with E-state index in [1.165, 1.54) is 14.1 Å². The molecule has 0 amide bonds. The number of anilines is 1. The van der Waals surface area contributed by atoms with Gasteiger partial charge in [-0.25, -0.2) is 14.4 Å². The van der Waals surface area contributed by atoms with Crippen LogP contribution in [0.15, 0.2) is 27.4 Å². The van der Waals surface area contributed by atoms with Crippen molar-refractivity contribution < 1.29 is 19.1 Å². The summed E-state index contributed by atoms with van der Waals surface area (Å²) >= 11 is 0. The first-order valence-corrected chi connectivity index (χ1v) is 6.91. The molecule has 0 aliphatic rings. The van der Waals surface area contributed by atoms with E-state index in [9.17, 15) is 19.2 Å². The number of esters is 2. The van der Waals surface area contributed by atoms with Crippen LogP contribution < -0.4 is 16.6 Å². The molecule has 9 heteroatoms. The Hall–Kier alpha value is -2.84. The maximum Gasteiger partial charge on any atom is 0.347 e. The van der Waals surface area contributed by atoms with Crippen LogP contribution in [0.2, 0.25) is 0 Å². The van der Waals surface area contributed by atoms with Crippen molar-refractivity contribution in [1.29, 1.82) is 0 Å². The van der Waals surface area contributed by atoms with Gasteiger partial charge in [-0.3, -0.25) is 13.9 Å². The third-order valence-electron chi connectivity index (χ3n) is 2.88. The minimum atomic E-state index is -0.868. The highest BCUT2D eigenvalue weighted by molar-refractivity contribution is 6.14. The molecule has 0 bridgehead atoms. The van der Waals surface area contributed by atoms with Crippen molar-refractivity contribution >= 4 is 17.8 Å². The average Bonchev–Trinajstić information content (AvgIpc) is 2.50. The van der Waals surface area contributed by atoms with Crippen LogP contribution >= 0.6 is 0 Å². The molecule has 0 aromatic carbocycles. The molecule has 0 aliphatic heterocycles. The van der Waals surface area contributed by atoms with Crippen LogP contribution in [0.25, 0.3) is 0 Å². The number of hydrogen-bond donors (Lipinski definition) is 1. The molecular formula is C14H19N3O6. The standard InChI is InChI=1S/C14H19N3O6/c1-5-22-12(19)9(13(20)23-6-2)8-15-10-7-11(18)17(4)14(21)16(10)3/h7-8,15H,5-6H2,1-4H3. The molecule has 1 rings (SSSR count). The fraction of sp³-hybridized carbons (Fsp3) is 0.429. The molecule has 0 radical (unpaired) electrons. The smallest absolute Gasteiger partial charge is 0.347 e. The molecule has 1 aromatic rings. The second-order valence-electron chi connectivity index (χ2n) is 4.41. The summed E-state index contributed by atoms with van der Waals surface area (Å²) in [5, 5.41) is 2.59. The van der Waals surface area contributed by atoms with Crippen LogP contribution in [0.3, 0.4) is 0 Å². The molecule has 0 aliphatic carbocycles. The zero-order chi connectivity index (χ0) is 17.6. The fourth-order valence-electron chi connectivity index (χ4n) is 1.64. The zero-order valence-corrected chi connectivity index (χ0v) is 13.4. The highest BCUT2D eigenvalue weighted by Crippen LogP contribution is 2.05. The van der Waals surface area contributed by atoms with Crippen molar-refractivity contribution in [2.24, 2.45) is 14.1 Å². The molecule has 9 nitrogen and oxygen atoms in total. The lowest BCUT2D eigenvalue weighted by Crippen LogP contribution is -2.37. The Bertz CT molecular complexity index is 724. The lowest BCUT2D eigenvalue weighted by Gasteiger charge is -2.10. The van der Waals surface area contributed by atoms with Gasteiger partial charge in [0.1, 0.15) is 5.82 Å². The molecule has 1 N–H and O–H groups in total. The Labute approximate surface area is 132 Å². The quantitative estimate of drug-likeness (QED) is 0.325. The number of nitrogens with zero attached hydrogens (tertiary/aromatic N) is 2. The van der Waals surface area contributed by atoms with Gasteiger partial charge >= 0.3 is 17.6 Å². The first-order valence-electron chi connectivity index (χ1n) is 6.91. The van der Waals surface area contributed by atoms with Gasteiger partial charge in [0.2, 0.25) is 0 Å². The number of carbonyl (C=O) groups is 2. The van der Waals surface area contributed by atoms with Crippen molar-refractivity contribution in [2.45, 2.75) is 13.8 Å². The van der Waals surface area contributed by atoms with Crippen molar-refractivity contribution in [1.82, 2.24) is 9.13 Å². The molecule has 0 saturated carbocycles. The Morgan fingerprint density at radius 1 is 1.09 bits per heavy atom. The summed E-state index contributed by atoms with van der Waals surface area (Å²) in [5.74, 6) is -1.62. The van der Waals surface area contributed by atoms with E-state index in [-0.39, 0.29) is 24.6 Å². The van der Waals surface area contributed by atoms with Gasteiger partial charge in [-0.15, -0.1) is 0 Å². The van der Waals surface area contributed by atoms with Gasteiger partial charge in [-0.05, 0) is 13.8 Å². The Morgan fingerprint density at radius 2 is 1.61 bits per heavy atom. The van der Waals surface area contributed by atoms with Crippen LogP contribution in [0.1, 0.15) is 13.8 Å². The second kappa shape index (κ2) is 7.97. The normalized spacial score (nSPS) is 9.91. The highest BCUT2D eigenvalue weighted by atomic mass is 16.6. The van der Waals surface area contributed by atoms with E-state index in [1.54, 1.807) is 13.8 Å². The van der Waals surface area contributed by atoms with Gasteiger partial charge < -0.3 is 14.8 Å². The number of aromatic nitrogens is 2. The van der Waals surface area contributed by atoms with Gasteiger partial charge in [0, 0.05) is 26.4 Å². The molecule has 126 valence electrons. The summed E-state index contributed by atoms with van der Waals surface area (Å²) in [6.45, 7) is 3.36.